The van der Waals surface area contributed by atoms with Gasteiger partial charge in [-0.05, 0) is 35.6 Å². The van der Waals surface area contributed by atoms with Gasteiger partial charge in [-0.25, -0.2) is 0 Å². The molecule has 130 valence electrons. The lowest BCUT2D eigenvalue weighted by Gasteiger charge is -2.33. The number of benzene rings is 2. The molecule has 1 aliphatic rings. The fourth-order valence-electron chi connectivity index (χ4n) is 2.80. The van der Waals surface area contributed by atoms with E-state index in [-0.39, 0.29) is 5.41 Å². The van der Waals surface area contributed by atoms with E-state index in [4.69, 9.17) is 14.0 Å². The average Bonchev–Trinajstić information content (AvgIpc) is 2.61. The molecular weight excluding hydrogens is 315 g/mol. The summed E-state index contributed by atoms with van der Waals surface area (Å²) < 4.78 is 17.7. The van der Waals surface area contributed by atoms with Gasteiger partial charge in [-0.15, -0.1) is 0 Å². The molecule has 0 unspecified atom stereocenters. The summed E-state index contributed by atoms with van der Waals surface area (Å²) in [4.78, 5) is 11.5. The minimum atomic E-state index is -0.534. The van der Waals surface area contributed by atoms with Gasteiger partial charge in [-0.1, -0.05) is 44.2 Å². The molecular formula is C20H23BO4. The van der Waals surface area contributed by atoms with Gasteiger partial charge in [0, 0.05) is 24.2 Å². The summed E-state index contributed by atoms with van der Waals surface area (Å²) in [6.07, 6.45) is 0.843. The van der Waals surface area contributed by atoms with Gasteiger partial charge in [0.2, 0.25) is 0 Å². The molecule has 1 saturated heterocycles. The van der Waals surface area contributed by atoms with Crippen LogP contribution in [-0.4, -0.2) is 26.6 Å². The minimum Gasteiger partial charge on any atom is -0.489 e. The number of hydrogen-bond donors (Lipinski definition) is 0. The largest absolute Gasteiger partial charge is 0.494 e. The van der Waals surface area contributed by atoms with Crippen LogP contribution in [0.15, 0.2) is 42.5 Å². The van der Waals surface area contributed by atoms with Crippen molar-refractivity contribution in [3.8, 4) is 5.75 Å². The summed E-state index contributed by atoms with van der Waals surface area (Å²) >= 11 is 0. The molecule has 4 nitrogen and oxygen atoms in total. The summed E-state index contributed by atoms with van der Waals surface area (Å²) in [7, 11) is -0.534. The number of carbonyl (C=O) groups is 1. The van der Waals surface area contributed by atoms with Crippen LogP contribution in [0, 0.1) is 12.3 Å². The van der Waals surface area contributed by atoms with Gasteiger partial charge in [0.25, 0.3) is 0 Å². The van der Waals surface area contributed by atoms with Gasteiger partial charge in [-0.3, -0.25) is 4.79 Å². The molecule has 0 aromatic heterocycles. The first-order chi connectivity index (χ1) is 12.0. The van der Waals surface area contributed by atoms with Crippen molar-refractivity contribution in [2.75, 3.05) is 13.2 Å². The average molecular weight is 338 g/mol. The molecule has 5 heteroatoms. The molecule has 0 atom stereocenters. The molecule has 0 spiro atoms. The lowest BCUT2D eigenvalue weighted by molar-refractivity contribution is 0.0342. The van der Waals surface area contributed by atoms with Crippen LogP contribution >= 0.6 is 0 Å². The zero-order valence-electron chi connectivity index (χ0n) is 15.0. The highest BCUT2D eigenvalue weighted by Crippen LogP contribution is 2.24. The van der Waals surface area contributed by atoms with E-state index >= 15 is 0 Å². The fourth-order valence-corrected chi connectivity index (χ4v) is 2.80. The van der Waals surface area contributed by atoms with Crippen molar-refractivity contribution in [3.05, 3.63) is 59.2 Å². The Hall–Kier alpha value is -2.11. The Balaban J connectivity index is 1.81. The Labute approximate surface area is 149 Å². The normalized spacial score (nSPS) is 16.5. The third-order valence-corrected chi connectivity index (χ3v) is 4.25. The number of aldehydes is 1. The summed E-state index contributed by atoms with van der Waals surface area (Å²) in [6, 6.07) is 13.7. The van der Waals surface area contributed by atoms with Gasteiger partial charge in [0.1, 0.15) is 18.6 Å². The second-order valence-electron chi connectivity index (χ2n) is 7.26. The highest BCUT2D eigenvalue weighted by atomic mass is 16.6. The van der Waals surface area contributed by atoms with Crippen molar-refractivity contribution >= 4 is 18.9 Å². The monoisotopic (exact) mass is 338 g/mol. The highest BCUT2D eigenvalue weighted by molar-refractivity contribution is 6.62. The fraction of sp³-hybridized carbons (Fsp3) is 0.350. The number of aryl methyl sites for hydroxylation is 1. The molecule has 0 radical (unpaired) electrons. The number of ether oxygens (including phenoxy) is 1. The molecule has 1 aliphatic heterocycles. The Bertz CT molecular complexity index is 733. The maximum atomic E-state index is 11.5. The molecule has 2 aromatic rings. The van der Waals surface area contributed by atoms with E-state index in [9.17, 15) is 4.79 Å². The maximum absolute atomic E-state index is 11.5. The number of rotatable bonds is 5. The Morgan fingerprint density at radius 2 is 1.84 bits per heavy atom. The third kappa shape index (κ3) is 4.30. The molecule has 0 amide bonds. The highest BCUT2D eigenvalue weighted by Gasteiger charge is 2.35. The predicted molar refractivity (Wildman–Crippen MR) is 98.4 cm³/mol. The van der Waals surface area contributed by atoms with Gasteiger partial charge < -0.3 is 14.0 Å². The standard InChI is InChI=1S/C20H23BO4/c1-15-9-17(11-22)18(21-24-13-20(2,3)14-25-21)10-19(15)23-12-16-7-5-4-6-8-16/h4-11H,12-14H2,1-3H3. The van der Waals surface area contributed by atoms with E-state index in [2.05, 4.69) is 13.8 Å². The maximum Gasteiger partial charge on any atom is 0.494 e. The van der Waals surface area contributed by atoms with Crippen LogP contribution in [-0.2, 0) is 15.9 Å². The van der Waals surface area contributed by atoms with Crippen molar-refractivity contribution in [2.24, 2.45) is 5.41 Å². The number of hydrogen-bond acceptors (Lipinski definition) is 4. The van der Waals surface area contributed by atoms with Crippen LogP contribution < -0.4 is 10.2 Å². The molecule has 0 N–H and O–H groups in total. The SMILES string of the molecule is Cc1cc(C=O)c(B2OCC(C)(C)CO2)cc1OCc1ccccc1. The Kier molecular flexibility index (Phi) is 5.26. The lowest BCUT2D eigenvalue weighted by atomic mass is 9.73. The predicted octanol–water partition coefficient (Wildman–Crippen LogP) is 3.15. The second kappa shape index (κ2) is 7.42. The van der Waals surface area contributed by atoms with Crippen LogP contribution in [0.5, 0.6) is 5.75 Å². The van der Waals surface area contributed by atoms with E-state index in [1.807, 2.05) is 49.4 Å². The molecule has 0 aliphatic carbocycles. The van der Waals surface area contributed by atoms with Gasteiger partial charge >= 0.3 is 7.12 Å². The molecule has 0 saturated carbocycles. The van der Waals surface area contributed by atoms with Gasteiger partial charge in [-0.2, -0.15) is 0 Å². The Morgan fingerprint density at radius 1 is 1.16 bits per heavy atom. The smallest absolute Gasteiger partial charge is 0.489 e. The first-order valence-corrected chi connectivity index (χ1v) is 8.48. The van der Waals surface area contributed by atoms with Crippen molar-refractivity contribution in [2.45, 2.75) is 27.4 Å². The summed E-state index contributed by atoms with van der Waals surface area (Å²) in [6.45, 7) is 7.76. The molecule has 0 bridgehead atoms. The van der Waals surface area contributed by atoms with E-state index in [1.165, 1.54) is 0 Å². The van der Waals surface area contributed by atoms with Crippen LogP contribution in [0.25, 0.3) is 0 Å². The first-order valence-electron chi connectivity index (χ1n) is 8.48. The quantitative estimate of drug-likeness (QED) is 0.621. The summed E-state index contributed by atoms with van der Waals surface area (Å²) in [5.41, 5.74) is 3.29. The van der Waals surface area contributed by atoms with E-state index in [0.29, 0.717) is 25.4 Å². The second-order valence-corrected chi connectivity index (χ2v) is 7.26. The zero-order valence-corrected chi connectivity index (χ0v) is 15.0. The van der Waals surface area contributed by atoms with Gasteiger partial charge in [0.15, 0.2) is 0 Å². The summed E-state index contributed by atoms with van der Waals surface area (Å²) in [5.74, 6) is 0.737. The first kappa shape index (κ1) is 17.7. The minimum absolute atomic E-state index is 0.0187. The zero-order chi connectivity index (χ0) is 17.9. The molecule has 1 heterocycles. The van der Waals surface area contributed by atoms with Crippen LogP contribution in [0.1, 0.15) is 35.3 Å². The molecule has 2 aromatic carbocycles. The van der Waals surface area contributed by atoms with E-state index < -0.39 is 7.12 Å². The van der Waals surface area contributed by atoms with Gasteiger partial charge in [0.05, 0.1) is 0 Å². The van der Waals surface area contributed by atoms with E-state index in [1.54, 1.807) is 0 Å². The van der Waals surface area contributed by atoms with Crippen LogP contribution in [0.2, 0.25) is 0 Å². The Morgan fingerprint density at radius 3 is 2.48 bits per heavy atom. The van der Waals surface area contributed by atoms with Crippen LogP contribution in [0.4, 0.5) is 0 Å². The van der Waals surface area contributed by atoms with Crippen molar-refractivity contribution in [1.29, 1.82) is 0 Å². The van der Waals surface area contributed by atoms with Crippen molar-refractivity contribution < 1.29 is 18.8 Å². The topological polar surface area (TPSA) is 44.8 Å². The third-order valence-electron chi connectivity index (χ3n) is 4.25. The van der Waals surface area contributed by atoms with Crippen molar-refractivity contribution in [3.63, 3.8) is 0 Å². The number of carbonyl (C=O) groups excluding carboxylic acids is 1. The summed E-state index contributed by atoms with van der Waals surface area (Å²) in [5, 5.41) is 0. The lowest BCUT2D eigenvalue weighted by Crippen LogP contribution is -2.48. The molecule has 25 heavy (non-hydrogen) atoms. The van der Waals surface area contributed by atoms with E-state index in [0.717, 1.165) is 28.6 Å². The van der Waals surface area contributed by atoms with Crippen molar-refractivity contribution in [1.82, 2.24) is 0 Å². The van der Waals surface area contributed by atoms with Crippen LogP contribution in [0.3, 0.4) is 0 Å². The molecule has 1 fully saturated rings. The molecule has 3 rings (SSSR count).